The van der Waals surface area contributed by atoms with E-state index in [1.54, 1.807) is 21.1 Å². The van der Waals surface area contributed by atoms with Crippen LogP contribution in [0.2, 0.25) is 0 Å². The molecule has 0 saturated heterocycles. The maximum atomic E-state index is 3.74. The van der Waals surface area contributed by atoms with Gasteiger partial charge in [-0.3, -0.25) is 6.08 Å². The van der Waals surface area contributed by atoms with Gasteiger partial charge in [-0.05, 0) is 0 Å². The number of nitrogens with zero attached hydrogens (tertiary/aromatic N) is 3. The van der Waals surface area contributed by atoms with Crippen molar-refractivity contribution in [3.8, 4) is 0 Å². The first kappa shape index (κ1) is 30.1. The number of allylic oxidation sites excluding steroid dienone is 4. The van der Waals surface area contributed by atoms with Crippen molar-refractivity contribution < 1.29 is 25.8 Å². The Kier molecular flexibility index (Phi) is 40.1. The van der Waals surface area contributed by atoms with Crippen LogP contribution in [0.5, 0.6) is 0 Å². The Hall–Kier alpha value is 0.230. The van der Waals surface area contributed by atoms with Crippen LogP contribution in [-0.2, 0) is 25.8 Å². The molecular weight excluding hydrogens is 437 g/mol. The average molecular weight is 474 g/mol. The SMILES string of the molecule is CCC(C)C1=[C-]CC=C1.CC[N-]C.CC[N-]C.CC[N-]C.[Hf+4]. The molecule has 4 heteroatoms. The summed E-state index contributed by atoms with van der Waals surface area (Å²) in [6.07, 6.45) is 9.93. The number of rotatable bonds is 5. The summed E-state index contributed by atoms with van der Waals surface area (Å²) < 4.78 is 0. The topological polar surface area (TPSA) is 42.3 Å². The summed E-state index contributed by atoms with van der Waals surface area (Å²) in [7, 11) is 5.42. The quantitative estimate of drug-likeness (QED) is 0.360. The van der Waals surface area contributed by atoms with Crippen molar-refractivity contribution in [1.29, 1.82) is 0 Å². The van der Waals surface area contributed by atoms with Gasteiger partial charge in [0.15, 0.2) is 0 Å². The summed E-state index contributed by atoms with van der Waals surface area (Å²) in [5.74, 6) is 0.712. The van der Waals surface area contributed by atoms with Crippen molar-refractivity contribution in [2.45, 2.75) is 47.5 Å². The molecule has 0 radical (unpaired) electrons. The molecule has 128 valence electrons. The minimum Gasteiger partial charge on any atom is -0.665 e. The molecule has 0 aliphatic heterocycles. The van der Waals surface area contributed by atoms with E-state index >= 15 is 0 Å². The molecule has 0 aromatic heterocycles. The fourth-order valence-electron chi connectivity index (χ4n) is 0.980. The van der Waals surface area contributed by atoms with Gasteiger partial charge in [0.05, 0.1) is 0 Å². The van der Waals surface area contributed by atoms with E-state index in [1.807, 2.05) is 20.8 Å². The van der Waals surface area contributed by atoms with Crippen molar-refractivity contribution in [2.75, 3.05) is 40.8 Å². The molecule has 1 aliphatic carbocycles. The maximum absolute atomic E-state index is 3.74. The van der Waals surface area contributed by atoms with E-state index in [4.69, 9.17) is 0 Å². The minimum absolute atomic E-state index is 0. The van der Waals surface area contributed by atoms with E-state index in [0.29, 0.717) is 5.92 Å². The van der Waals surface area contributed by atoms with Crippen LogP contribution in [0.15, 0.2) is 17.7 Å². The fraction of sp³-hybridized carbons (Fsp3) is 0.778. The molecule has 0 amide bonds. The van der Waals surface area contributed by atoms with Crippen molar-refractivity contribution in [1.82, 2.24) is 0 Å². The summed E-state index contributed by atoms with van der Waals surface area (Å²) in [6.45, 7) is 13.3. The van der Waals surface area contributed by atoms with Crippen LogP contribution in [-0.4, -0.2) is 40.8 Å². The predicted molar refractivity (Wildman–Crippen MR) is 99.4 cm³/mol. The molecule has 1 atom stereocenters. The van der Waals surface area contributed by atoms with Crippen LogP contribution in [0.4, 0.5) is 0 Å². The molecular formula is C18H37HfN3. The Balaban J connectivity index is -0.000000107. The number of hydrogen-bond donors (Lipinski definition) is 0. The van der Waals surface area contributed by atoms with Crippen LogP contribution >= 0.6 is 0 Å². The second-order valence-electron chi connectivity index (χ2n) is 4.45. The first-order chi connectivity index (χ1) is 10.1. The molecule has 0 saturated carbocycles. The minimum atomic E-state index is 0. The van der Waals surface area contributed by atoms with Gasteiger partial charge in [0.1, 0.15) is 0 Å². The average Bonchev–Trinajstić information content (AvgIpc) is 3.09. The van der Waals surface area contributed by atoms with Crippen molar-refractivity contribution in [3.63, 3.8) is 0 Å². The monoisotopic (exact) mass is 475 g/mol. The molecule has 22 heavy (non-hydrogen) atoms. The first-order valence-corrected chi connectivity index (χ1v) is 8.03. The van der Waals surface area contributed by atoms with E-state index in [-0.39, 0.29) is 25.8 Å². The third-order valence-corrected chi connectivity index (χ3v) is 2.81. The Morgan fingerprint density at radius 2 is 1.32 bits per heavy atom. The van der Waals surface area contributed by atoms with Gasteiger partial charge in [0.2, 0.25) is 0 Å². The fourth-order valence-corrected chi connectivity index (χ4v) is 0.980. The van der Waals surface area contributed by atoms with Gasteiger partial charge >= 0.3 is 25.8 Å². The second kappa shape index (κ2) is 29.3. The molecule has 0 aromatic rings. The smallest absolute Gasteiger partial charge is 0.665 e. The van der Waals surface area contributed by atoms with Gasteiger partial charge in [-0.25, -0.2) is 11.6 Å². The van der Waals surface area contributed by atoms with Crippen LogP contribution in [0.3, 0.4) is 0 Å². The van der Waals surface area contributed by atoms with E-state index < -0.39 is 0 Å². The summed E-state index contributed by atoms with van der Waals surface area (Å²) in [5, 5.41) is 11.2. The Bertz CT molecular complexity index is 213. The molecule has 0 aromatic carbocycles. The van der Waals surface area contributed by atoms with E-state index in [9.17, 15) is 0 Å². The summed E-state index contributed by atoms with van der Waals surface area (Å²) >= 11 is 0. The molecule has 0 heterocycles. The molecule has 0 N–H and O–H groups in total. The normalized spacial score (nSPS) is 12.3. The van der Waals surface area contributed by atoms with Gasteiger partial charge in [-0.15, -0.1) is 6.42 Å². The molecule has 1 unspecified atom stereocenters. The van der Waals surface area contributed by atoms with Gasteiger partial charge < -0.3 is 16.0 Å². The van der Waals surface area contributed by atoms with Crippen LogP contribution in [0.25, 0.3) is 16.0 Å². The summed E-state index contributed by atoms with van der Waals surface area (Å²) in [6, 6.07) is 0. The van der Waals surface area contributed by atoms with E-state index in [2.05, 4.69) is 48.0 Å². The number of hydrogen-bond acceptors (Lipinski definition) is 0. The van der Waals surface area contributed by atoms with Crippen LogP contribution in [0.1, 0.15) is 47.5 Å². The molecule has 0 fully saturated rings. The molecule has 1 rings (SSSR count). The summed E-state index contributed by atoms with van der Waals surface area (Å²) in [4.78, 5) is 0. The van der Waals surface area contributed by atoms with Crippen LogP contribution in [0, 0.1) is 12.0 Å². The Morgan fingerprint density at radius 1 is 0.955 bits per heavy atom. The summed E-state index contributed by atoms with van der Waals surface area (Å²) in [5.41, 5.74) is 1.40. The second-order valence-corrected chi connectivity index (χ2v) is 4.45. The standard InChI is InChI=1S/C9H13.3C3H8N.Hf/c1-3-8(2)9-6-4-5-7-9;3*1-3-4-2;/h4,6,8H,3,5H2,1-2H3;3*3H2,1-2H3;/q4*-1;+4. The first-order valence-electron chi connectivity index (χ1n) is 8.03. The van der Waals surface area contributed by atoms with E-state index in [1.165, 1.54) is 12.0 Å². The van der Waals surface area contributed by atoms with Gasteiger partial charge in [0.25, 0.3) is 0 Å². The molecule has 1 aliphatic rings. The van der Waals surface area contributed by atoms with Gasteiger partial charge in [-0.1, -0.05) is 47.0 Å². The van der Waals surface area contributed by atoms with Crippen molar-refractivity contribution >= 4 is 0 Å². The zero-order chi connectivity index (χ0) is 16.9. The Morgan fingerprint density at radius 3 is 1.50 bits per heavy atom. The largest absolute Gasteiger partial charge is 4.00 e. The van der Waals surface area contributed by atoms with Gasteiger partial charge in [-0.2, -0.15) is 46.9 Å². The third-order valence-electron chi connectivity index (χ3n) is 2.81. The third kappa shape index (κ3) is 28.4. The van der Waals surface area contributed by atoms with Crippen LogP contribution < -0.4 is 0 Å². The molecule has 0 bridgehead atoms. The Labute approximate surface area is 159 Å². The zero-order valence-corrected chi connectivity index (χ0v) is 19.7. The molecule has 3 nitrogen and oxygen atoms in total. The van der Waals surface area contributed by atoms with Crippen molar-refractivity contribution in [2.24, 2.45) is 5.92 Å². The van der Waals surface area contributed by atoms with Crippen molar-refractivity contribution in [3.05, 3.63) is 39.8 Å². The zero-order valence-electron chi connectivity index (χ0n) is 16.1. The van der Waals surface area contributed by atoms with Gasteiger partial charge in [0, 0.05) is 0 Å². The predicted octanol–water partition coefficient (Wildman–Crippen LogP) is 5.75. The van der Waals surface area contributed by atoms with E-state index in [0.717, 1.165) is 26.1 Å². The maximum Gasteiger partial charge on any atom is 4.00 e. The molecule has 0 spiro atoms.